The van der Waals surface area contributed by atoms with Crippen molar-refractivity contribution in [2.45, 2.75) is 13.5 Å². The smallest absolute Gasteiger partial charge is 0.339 e. The van der Waals surface area contributed by atoms with Crippen LogP contribution in [0, 0.1) is 6.92 Å². The Morgan fingerprint density at radius 3 is 2.58 bits per heavy atom. The number of nitrogens with zero attached hydrogens (tertiary/aromatic N) is 2. The van der Waals surface area contributed by atoms with Gasteiger partial charge in [-0.1, -0.05) is 0 Å². The first kappa shape index (κ1) is 8.73. The van der Waals surface area contributed by atoms with Gasteiger partial charge in [0.15, 0.2) is 0 Å². The van der Waals surface area contributed by atoms with Gasteiger partial charge in [0, 0.05) is 7.05 Å². The fraction of sp³-hybridized carbons (Fsp3) is 0.429. The van der Waals surface area contributed by atoms with E-state index in [-0.39, 0.29) is 12.2 Å². The van der Waals surface area contributed by atoms with Crippen LogP contribution in [0.1, 0.15) is 21.7 Å². The number of hydrogen-bond donors (Lipinski definition) is 2. The Bertz CT molecular complexity index is 317. The molecule has 0 fully saturated rings. The Hall–Kier alpha value is -1.36. The average Bonchev–Trinajstić information content (AvgIpc) is 2.24. The van der Waals surface area contributed by atoms with Gasteiger partial charge in [-0.25, -0.2) is 4.79 Å². The van der Waals surface area contributed by atoms with Crippen LogP contribution in [0.3, 0.4) is 0 Å². The molecule has 0 spiro atoms. The van der Waals surface area contributed by atoms with Crippen molar-refractivity contribution in [3.05, 3.63) is 17.0 Å². The molecule has 2 N–H and O–H groups in total. The van der Waals surface area contributed by atoms with Crippen molar-refractivity contribution in [1.82, 2.24) is 9.78 Å². The van der Waals surface area contributed by atoms with Crippen molar-refractivity contribution in [1.29, 1.82) is 0 Å². The van der Waals surface area contributed by atoms with Gasteiger partial charge in [0.2, 0.25) is 0 Å². The fourth-order valence-corrected chi connectivity index (χ4v) is 1.17. The third kappa shape index (κ3) is 1.18. The molecule has 0 saturated carbocycles. The van der Waals surface area contributed by atoms with E-state index in [1.807, 2.05) is 0 Å². The highest BCUT2D eigenvalue weighted by Gasteiger charge is 2.17. The van der Waals surface area contributed by atoms with E-state index in [1.165, 1.54) is 4.68 Å². The molecule has 1 aromatic rings. The van der Waals surface area contributed by atoms with E-state index in [9.17, 15) is 4.79 Å². The maximum Gasteiger partial charge on any atom is 0.339 e. The van der Waals surface area contributed by atoms with E-state index in [4.69, 9.17) is 10.2 Å². The van der Waals surface area contributed by atoms with Gasteiger partial charge < -0.3 is 10.2 Å². The Kier molecular flexibility index (Phi) is 2.14. The number of carboxylic acids is 1. The van der Waals surface area contributed by atoms with Crippen molar-refractivity contribution >= 4 is 5.97 Å². The summed E-state index contributed by atoms with van der Waals surface area (Å²) >= 11 is 0. The summed E-state index contributed by atoms with van der Waals surface area (Å²) < 4.78 is 1.37. The topological polar surface area (TPSA) is 75.3 Å². The van der Waals surface area contributed by atoms with Gasteiger partial charge in [-0.15, -0.1) is 0 Å². The standard InChI is InChI=1S/C7H10N2O3/c1-4-6(7(11)12)5(3-10)9(2)8-4/h10H,3H2,1-2H3,(H,11,12). The second-order valence-corrected chi connectivity index (χ2v) is 2.49. The predicted octanol–water partition coefficient (Wildman–Crippen LogP) is -0.0810. The molecule has 0 bridgehead atoms. The molecule has 0 radical (unpaired) electrons. The quantitative estimate of drug-likeness (QED) is 0.650. The van der Waals surface area contributed by atoms with E-state index in [0.29, 0.717) is 11.4 Å². The van der Waals surface area contributed by atoms with Crippen molar-refractivity contribution < 1.29 is 15.0 Å². The normalized spacial score (nSPS) is 10.2. The second kappa shape index (κ2) is 2.94. The largest absolute Gasteiger partial charge is 0.478 e. The molecule has 0 aromatic carbocycles. The molecule has 0 unspecified atom stereocenters. The van der Waals surface area contributed by atoms with E-state index in [1.54, 1.807) is 14.0 Å². The zero-order valence-corrected chi connectivity index (χ0v) is 6.90. The Balaban J connectivity index is 3.32. The van der Waals surface area contributed by atoms with Crippen LogP contribution in [-0.2, 0) is 13.7 Å². The van der Waals surface area contributed by atoms with Crippen LogP contribution in [0.25, 0.3) is 0 Å². The summed E-state index contributed by atoms with van der Waals surface area (Å²) in [5.41, 5.74) is 0.856. The maximum atomic E-state index is 10.7. The number of rotatable bonds is 2. The molecule has 1 aromatic heterocycles. The van der Waals surface area contributed by atoms with Gasteiger partial charge >= 0.3 is 5.97 Å². The van der Waals surface area contributed by atoms with Gasteiger partial charge in [0.25, 0.3) is 0 Å². The number of aliphatic hydroxyl groups excluding tert-OH is 1. The summed E-state index contributed by atoms with van der Waals surface area (Å²) in [6, 6.07) is 0. The third-order valence-electron chi connectivity index (χ3n) is 1.70. The molecule has 0 saturated heterocycles. The maximum absolute atomic E-state index is 10.7. The number of aromatic carboxylic acids is 1. The number of carboxylic acid groups (broad SMARTS) is 1. The van der Waals surface area contributed by atoms with Gasteiger partial charge in [0.1, 0.15) is 5.56 Å². The van der Waals surface area contributed by atoms with E-state index >= 15 is 0 Å². The molecule has 1 heterocycles. The highest BCUT2D eigenvalue weighted by atomic mass is 16.4. The Morgan fingerprint density at radius 1 is 1.67 bits per heavy atom. The lowest BCUT2D eigenvalue weighted by molar-refractivity contribution is 0.0692. The third-order valence-corrected chi connectivity index (χ3v) is 1.70. The van der Waals surface area contributed by atoms with Crippen LogP contribution in [-0.4, -0.2) is 26.0 Å². The second-order valence-electron chi connectivity index (χ2n) is 2.49. The molecule has 0 amide bonds. The highest BCUT2D eigenvalue weighted by molar-refractivity contribution is 5.90. The molecule has 5 nitrogen and oxygen atoms in total. The summed E-state index contributed by atoms with van der Waals surface area (Å²) in [6.07, 6.45) is 0. The van der Waals surface area contributed by atoms with E-state index in [0.717, 1.165) is 0 Å². The Morgan fingerprint density at radius 2 is 2.25 bits per heavy atom. The summed E-state index contributed by atoms with van der Waals surface area (Å²) in [5.74, 6) is -1.05. The fourth-order valence-electron chi connectivity index (χ4n) is 1.17. The lowest BCUT2D eigenvalue weighted by atomic mass is 10.2. The summed E-state index contributed by atoms with van der Waals surface area (Å²) in [7, 11) is 1.60. The lowest BCUT2D eigenvalue weighted by Crippen LogP contribution is -2.04. The molecular formula is C7H10N2O3. The first-order valence-corrected chi connectivity index (χ1v) is 3.44. The number of aliphatic hydroxyl groups is 1. The van der Waals surface area contributed by atoms with Crippen LogP contribution in [0.5, 0.6) is 0 Å². The molecule has 12 heavy (non-hydrogen) atoms. The van der Waals surface area contributed by atoms with Crippen molar-refractivity contribution in [2.24, 2.45) is 7.05 Å². The first-order valence-electron chi connectivity index (χ1n) is 3.44. The number of aromatic nitrogens is 2. The van der Waals surface area contributed by atoms with Gasteiger partial charge in [-0.05, 0) is 6.92 Å². The predicted molar refractivity (Wildman–Crippen MR) is 40.8 cm³/mol. The number of hydrogen-bond acceptors (Lipinski definition) is 3. The van der Waals surface area contributed by atoms with E-state index in [2.05, 4.69) is 5.10 Å². The number of aryl methyl sites for hydroxylation is 2. The molecule has 5 heteroatoms. The number of carbonyl (C=O) groups is 1. The van der Waals surface area contributed by atoms with Crippen molar-refractivity contribution in [3.8, 4) is 0 Å². The molecular weight excluding hydrogens is 160 g/mol. The van der Waals surface area contributed by atoms with Crippen LogP contribution >= 0.6 is 0 Å². The van der Waals surface area contributed by atoms with Crippen molar-refractivity contribution in [3.63, 3.8) is 0 Å². The SMILES string of the molecule is Cc1nn(C)c(CO)c1C(=O)O. The molecule has 0 aliphatic heterocycles. The minimum atomic E-state index is -1.05. The van der Waals surface area contributed by atoms with Crippen LogP contribution < -0.4 is 0 Å². The molecule has 1 rings (SSSR count). The summed E-state index contributed by atoms with van der Waals surface area (Å²) in [5, 5.41) is 21.4. The molecule has 0 aliphatic rings. The minimum absolute atomic E-state index is 0.0972. The van der Waals surface area contributed by atoms with Crippen LogP contribution in [0.4, 0.5) is 0 Å². The van der Waals surface area contributed by atoms with E-state index < -0.39 is 5.97 Å². The highest BCUT2D eigenvalue weighted by Crippen LogP contribution is 2.12. The summed E-state index contributed by atoms with van der Waals surface area (Å²) in [4.78, 5) is 10.7. The lowest BCUT2D eigenvalue weighted by Gasteiger charge is -1.97. The Labute approximate surface area is 69.2 Å². The molecule has 0 aliphatic carbocycles. The van der Waals surface area contributed by atoms with Gasteiger partial charge in [-0.2, -0.15) is 5.10 Å². The molecule has 66 valence electrons. The van der Waals surface area contributed by atoms with Gasteiger partial charge in [0.05, 0.1) is 18.0 Å². The zero-order valence-electron chi connectivity index (χ0n) is 6.90. The minimum Gasteiger partial charge on any atom is -0.478 e. The van der Waals surface area contributed by atoms with Gasteiger partial charge in [-0.3, -0.25) is 4.68 Å². The summed E-state index contributed by atoms with van der Waals surface area (Å²) in [6.45, 7) is 1.29. The van der Waals surface area contributed by atoms with Crippen LogP contribution in [0.15, 0.2) is 0 Å². The van der Waals surface area contributed by atoms with Crippen molar-refractivity contribution in [2.75, 3.05) is 0 Å². The van der Waals surface area contributed by atoms with Crippen LogP contribution in [0.2, 0.25) is 0 Å². The molecule has 0 atom stereocenters. The zero-order chi connectivity index (χ0) is 9.30. The first-order chi connectivity index (χ1) is 5.57. The average molecular weight is 170 g/mol. The monoisotopic (exact) mass is 170 g/mol.